The van der Waals surface area contributed by atoms with Gasteiger partial charge in [-0.1, -0.05) is 70.2 Å². The van der Waals surface area contributed by atoms with Crippen LogP contribution in [0.15, 0.2) is 36.4 Å². The van der Waals surface area contributed by atoms with E-state index in [1.807, 2.05) is 70.2 Å². The maximum absolute atomic E-state index is 13.8. The standard InChI is InChI=1S/C31H47N3O6/c1-22(2)20-27(30(37)32-34(21-23(3)4)28(36)18-17-24(5)35)26(15-11-14-25-12-7-6-8-13-25)31(38)33-40-29-16-9-10-19-39-29/h6-8,11-14,22-23,26-27,29H,9-10,15-21H2,1-5H3,(H,32,37)(H,33,38)/b14-11+/t26-,27+,29?/m0/s1. The van der Waals surface area contributed by atoms with Crippen LogP contribution in [0.4, 0.5) is 0 Å². The number of nitrogens with one attached hydrogen (secondary N) is 2. The summed E-state index contributed by atoms with van der Waals surface area (Å²) in [5, 5.41) is 1.30. The number of ketones is 1. The van der Waals surface area contributed by atoms with Crippen molar-refractivity contribution in [2.24, 2.45) is 23.7 Å². The summed E-state index contributed by atoms with van der Waals surface area (Å²) in [5.74, 6) is -2.53. The van der Waals surface area contributed by atoms with Crippen LogP contribution in [0.2, 0.25) is 0 Å². The van der Waals surface area contributed by atoms with E-state index in [9.17, 15) is 19.2 Å². The Balaban J connectivity index is 2.27. The highest BCUT2D eigenvalue weighted by Gasteiger charge is 2.35. The van der Waals surface area contributed by atoms with E-state index in [2.05, 4.69) is 10.9 Å². The summed E-state index contributed by atoms with van der Waals surface area (Å²) >= 11 is 0. The minimum absolute atomic E-state index is 0.0101. The van der Waals surface area contributed by atoms with Crippen molar-refractivity contribution in [2.45, 2.75) is 85.9 Å². The molecule has 1 aromatic rings. The van der Waals surface area contributed by atoms with E-state index in [4.69, 9.17) is 9.57 Å². The predicted molar refractivity (Wildman–Crippen MR) is 154 cm³/mol. The van der Waals surface area contributed by atoms with E-state index in [0.29, 0.717) is 32.4 Å². The van der Waals surface area contributed by atoms with Crippen LogP contribution in [0.5, 0.6) is 0 Å². The lowest BCUT2D eigenvalue weighted by Gasteiger charge is -2.31. The largest absolute Gasteiger partial charge is 0.350 e. The molecule has 1 heterocycles. The Bertz CT molecular complexity index is 973. The first kappa shape index (κ1) is 33.2. The molecule has 0 radical (unpaired) electrons. The number of amides is 3. The van der Waals surface area contributed by atoms with Crippen LogP contribution in [0, 0.1) is 23.7 Å². The lowest BCUT2D eigenvalue weighted by Crippen LogP contribution is -2.52. The van der Waals surface area contributed by atoms with Crippen molar-refractivity contribution < 1.29 is 28.8 Å². The molecule has 1 aliphatic heterocycles. The molecule has 1 fully saturated rings. The molecule has 3 atom stereocenters. The van der Waals surface area contributed by atoms with Gasteiger partial charge in [0, 0.05) is 32.4 Å². The van der Waals surface area contributed by atoms with E-state index >= 15 is 0 Å². The molecule has 9 heteroatoms. The molecular weight excluding hydrogens is 510 g/mol. The lowest BCUT2D eigenvalue weighted by molar-refractivity contribution is -0.203. The third-order valence-corrected chi connectivity index (χ3v) is 6.60. The van der Waals surface area contributed by atoms with E-state index in [-0.39, 0.29) is 36.4 Å². The van der Waals surface area contributed by atoms with Crippen LogP contribution >= 0.6 is 0 Å². The summed E-state index contributed by atoms with van der Waals surface area (Å²) in [6.07, 6.45) is 6.72. The number of allylic oxidation sites excluding steroid dienone is 1. The van der Waals surface area contributed by atoms with Crippen molar-refractivity contribution in [3.8, 4) is 0 Å². The molecule has 0 spiro atoms. The van der Waals surface area contributed by atoms with Gasteiger partial charge in [-0.25, -0.2) is 10.3 Å². The maximum Gasteiger partial charge on any atom is 0.247 e. The summed E-state index contributed by atoms with van der Waals surface area (Å²) in [7, 11) is 0. The Kier molecular flexibility index (Phi) is 14.6. The molecule has 3 amide bonds. The first-order chi connectivity index (χ1) is 19.1. The fourth-order valence-corrected chi connectivity index (χ4v) is 4.54. The zero-order valence-electron chi connectivity index (χ0n) is 24.7. The van der Waals surface area contributed by atoms with Crippen LogP contribution in [-0.4, -0.2) is 48.0 Å². The number of ether oxygens (including phenoxy) is 1. The second kappa shape index (κ2) is 17.6. The molecule has 0 aliphatic carbocycles. The summed E-state index contributed by atoms with van der Waals surface area (Å²) < 4.78 is 5.58. The minimum atomic E-state index is -0.751. The molecule has 1 saturated heterocycles. The van der Waals surface area contributed by atoms with Gasteiger partial charge in [-0.05, 0) is 50.0 Å². The second-order valence-corrected chi connectivity index (χ2v) is 11.3. The van der Waals surface area contributed by atoms with E-state index in [0.717, 1.165) is 18.4 Å². The third-order valence-electron chi connectivity index (χ3n) is 6.60. The van der Waals surface area contributed by atoms with Crippen molar-refractivity contribution in [1.82, 2.24) is 15.9 Å². The molecule has 1 aromatic carbocycles. The van der Waals surface area contributed by atoms with Gasteiger partial charge in [0.15, 0.2) is 6.29 Å². The van der Waals surface area contributed by atoms with E-state index < -0.39 is 29.9 Å². The first-order valence-corrected chi connectivity index (χ1v) is 14.5. The lowest BCUT2D eigenvalue weighted by atomic mass is 9.82. The van der Waals surface area contributed by atoms with Crippen LogP contribution in [-0.2, 0) is 28.8 Å². The maximum atomic E-state index is 13.8. The van der Waals surface area contributed by atoms with Gasteiger partial charge in [-0.2, -0.15) is 0 Å². The van der Waals surface area contributed by atoms with Crippen molar-refractivity contribution in [3.63, 3.8) is 0 Å². The van der Waals surface area contributed by atoms with Crippen molar-refractivity contribution in [1.29, 1.82) is 0 Å². The van der Waals surface area contributed by atoms with Crippen molar-refractivity contribution >= 4 is 29.6 Å². The molecule has 9 nitrogen and oxygen atoms in total. The highest BCUT2D eigenvalue weighted by molar-refractivity contribution is 5.89. The Labute approximate surface area is 239 Å². The van der Waals surface area contributed by atoms with Gasteiger partial charge in [-0.15, -0.1) is 0 Å². The number of hydrazine groups is 1. The normalized spacial score (nSPS) is 17.0. The zero-order chi connectivity index (χ0) is 29.5. The van der Waals surface area contributed by atoms with Crippen LogP contribution in [0.1, 0.15) is 85.1 Å². The molecular formula is C31H47N3O6. The molecule has 0 aromatic heterocycles. The van der Waals surface area contributed by atoms with Gasteiger partial charge in [0.05, 0.1) is 11.8 Å². The molecule has 1 aliphatic rings. The fraction of sp³-hybridized carbons (Fsp3) is 0.613. The van der Waals surface area contributed by atoms with Crippen LogP contribution < -0.4 is 10.9 Å². The second-order valence-electron chi connectivity index (χ2n) is 11.3. The van der Waals surface area contributed by atoms with Gasteiger partial charge >= 0.3 is 0 Å². The van der Waals surface area contributed by atoms with Gasteiger partial charge < -0.3 is 9.53 Å². The average molecular weight is 558 g/mol. The fourth-order valence-electron chi connectivity index (χ4n) is 4.54. The number of benzene rings is 1. The number of carbonyl (C=O) groups is 4. The summed E-state index contributed by atoms with van der Waals surface area (Å²) in [5.41, 5.74) is 6.33. The predicted octanol–water partition coefficient (Wildman–Crippen LogP) is 4.83. The first-order valence-electron chi connectivity index (χ1n) is 14.5. The Morgan fingerprint density at radius 2 is 1.73 bits per heavy atom. The zero-order valence-corrected chi connectivity index (χ0v) is 24.7. The number of nitrogens with zero attached hydrogens (tertiary/aromatic N) is 1. The smallest absolute Gasteiger partial charge is 0.247 e. The quantitative estimate of drug-likeness (QED) is 0.299. The van der Waals surface area contributed by atoms with Crippen LogP contribution in [0.25, 0.3) is 6.08 Å². The summed E-state index contributed by atoms with van der Waals surface area (Å²) in [6.45, 7) is 10.2. The Hall–Kier alpha value is -3.04. The Morgan fingerprint density at radius 1 is 1.00 bits per heavy atom. The monoisotopic (exact) mass is 557 g/mol. The number of hydroxylamine groups is 1. The topological polar surface area (TPSA) is 114 Å². The molecule has 0 saturated carbocycles. The summed E-state index contributed by atoms with van der Waals surface area (Å²) in [6, 6.07) is 9.72. The SMILES string of the molecule is CC(=O)CCC(=O)N(CC(C)C)NC(=O)[C@H](CC(C)C)[C@H](C/C=C/c1ccccc1)C(=O)NOC1CCCCO1. The van der Waals surface area contributed by atoms with Gasteiger partial charge in [0.25, 0.3) is 0 Å². The average Bonchev–Trinajstić information content (AvgIpc) is 2.92. The highest BCUT2D eigenvalue weighted by Crippen LogP contribution is 2.26. The molecule has 222 valence electrons. The number of hydrogen-bond acceptors (Lipinski definition) is 6. The van der Waals surface area contributed by atoms with Gasteiger partial charge in [-0.3, -0.25) is 24.8 Å². The summed E-state index contributed by atoms with van der Waals surface area (Å²) in [4.78, 5) is 57.2. The molecule has 2 N–H and O–H groups in total. The van der Waals surface area contributed by atoms with Gasteiger partial charge in [0.2, 0.25) is 17.7 Å². The molecule has 40 heavy (non-hydrogen) atoms. The highest BCUT2D eigenvalue weighted by atomic mass is 16.8. The molecule has 0 bridgehead atoms. The van der Waals surface area contributed by atoms with Crippen molar-refractivity contribution in [2.75, 3.05) is 13.2 Å². The molecule has 2 rings (SSSR count). The number of rotatable bonds is 15. The Morgan fingerprint density at radius 3 is 2.33 bits per heavy atom. The van der Waals surface area contributed by atoms with E-state index in [1.54, 1.807) is 0 Å². The minimum Gasteiger partial charge on any atom is -0.350 e. The van der Waals surface area contributed by atoms with Crippen molar-refractivity contribution in [3.05, 3.63) is 42.0 Å². The number of carbonyl (C=O) groups excluding carboxylic acids is 4. The van der Waals surface area contributed by atoms with Crippen LogP contribution in [0.3, 0.4) is 0 Å². The third kappa shape index (κ3) is 12.4. The number of hydrogen-bond donors (Lipinski definition) is 2. The molecule has 1 unspecified atom stereocenters. The van der Waals surface area contributed by atoms with Gasteiger partial charge in [0.1, 0.15) is 5.78 Å². The number of Topliss-reactive ketones (excluding diaryl/α,β-unsaturated/α-hetero) is 1. The van der Waals surface area contributed by atoms with E-state index in [1.165, 1.54) is 11.9 Å².